The van der Waals surface area contributed by atoms with Gasteiger partial charge in [-0.15, -0.1) is 11.3 Å². The van der Waals surface area contributed by atoms with Crippen molar-refractivity contribution in [3.63, 3.8) is 0 Å². The molecule has 0 spiro atoms. The zero-order valence-electron chi connectivity index (χ0n) is 14.3. The minimum atomic E-state index is -3.02. The lowest BCUT2D eigenvalue weighted by atomic mass is 9.88. The first kappa shape index (κ1) is 17.9. The topological polar surface area (TPSA) is 63.7 Å². The summed E-state index contributed by atoms with van der Waals surface area (Å²) in [6, 6.07) is -0.226. The quantitative estimate of drug-likeness (QED) is 0.796. The van der Waals surface area contributed by atoms with Gasteiger partial charge in [-0.1, -0.05) is 6.92 Å². The second kappa shape index (κ2) is 7.14. The largest absolute Gasteiger partial charge is 0.383 e. The molecule has 134 valence electrons. The van der Waals surface area contributed by atoms with E-state index in [2.05, 4.69) is 6.92 Å². The lowest BCUT2D eigenvalue weighted by Gasteiger charge is -2.29. The highest BCUT2D eigenvalue weighted by Gasteiger charge is 2.36. The first-order valence-electron chi connectivity index (χ1n) is 8.51. The Morgan fingerprint density at radius 2 is 2.21 bits per heavy atom. The van der Waals surface area contributed by atoms with Crippen LogP contribution in [0.4, 0.5) is 0 Å². The van der Waals surface area contributed by atoms with Gasteiger partial charge in [0.05, 0.1) is 23.7 Å². The van der Waals surface area contributed by atoms with E-state index in [-0.39, 0.29) is 23.5 Å². The van der Waals surface area contributed by atoms with Crippen LogP contribution in [0.25, 0.3) is 0 Å². The van der Waals surface area contributed by atoms with Gasteiger partial charge in [-0.25, -0.2) is 8.42 Å². The van der Waals surface area contributed by atoms with Gasteiger partial charge < -0.3 is 9.64 Å². The van der Waals surface area contributed by atoms with Crippen molar-refractivity contribution in [3.8, 4) is 0 Å². The SMILES string of the molecule is COCCN(C(=O)c1csc2c1CCC(C)C2)C1CCS(=O)(=O)C1. The van der Waals surface area contributed by atoms with Gasteiger partial charge in [0.15, 0.2) is 9.84 Å². The molecule has 1 aromatic rings. The van der Waals surface area contributed by atoms with Crippen LogP contribution in [0, 0.1) is 5.92 Å². The lowest BCUT2D eigenvalue weighted by Crippen LogP contribution is -2.43. The summed E-state index contributed by atoms with van der Waals surface area (Å²) >= 11 is 1.67. The molecular weight excluding hydrogens is 346 g/mol. The number of ether oxygens (including phenoxy) is 1. The normalized spacial score (nSPS) is 25.4. The number of nitrogens with zero attached hydrogens (tertiary/aromatic N) is 1. The van der Waals surface area contributed by atoms with Crippen LogP contribution in [0.5, 0.6) is 0 Å². The number of carbonyl (C=O) groups excluding carboxylic acids is 1. The summed E-state index contributed by atoms with van der Waals surface area (Å²) in [5.41, 5.74) is 1.97. The van der Waals surface area contributed by atoms with Crippen LogP contribution in [-0.2, 0) is 27.4 Å². The lowest BCUT2D eigenvalue weighted by molar-refractivity contribution is 0.0623. The number of thiophene rings is 1. The third kappa shape index (κ3) is 3.68. The summed E-state index contributed by atoms with van der Waals surface area (Å²) in [5, 5.41) is 1.97. The molecule has 1 aliphatic heterocycles. The number of fused-ring (bicyclic) bond motifs is 1. The molecule has 0 saturated carbocycles. The van der Waals surface area contributed by atoms with Crippen molar-refractivity contribution >= 4 is 27.1 Å². The Balaban J connectivity index is 1.84. The van der Waals surface area contributed by atoms with Crippen molar-refractivity contribution in [1.29, 1.82) is 0 Å². The first-order chi connectivity index (χ1) is 11.4. The molecule has 1 aliphatic carbocycles. The highest BCUT2D eigenvalue weighted by Crippen LogP contribution is 2.34. The zero-order chi connectivity index (χ0) is 17.3. The fourth-order valence-corrected chi connectivity index (χ4v) is 6.64. The van der Waals surface area contributed by atoms with E-state index in [1.807, 2.05) is 5.38 Å². The number of carbonyl (C=O) groups is 1. The Bertz CT molecular complexity index is 710. The smallest absolute Gasteiger partial charge is 0.255 e. The third-order valence-electron chi connectivity index (χ3n) is 5.08. The molecule has 1 saturated heterocycles. The van der Waals surface area contributed by atoms with Gasteiger partial charge in [0.1, 0.15) is 0 Å². The van der Waals surface area contributed by atoms with E-state index in [1.165, 1.54) is 10.4 Å². The van der Waals surface area contributed by atoms with E-state index >= 15 is 0 Å². The van der Waals surface area contributed by atoms with Gasteiger partial charge in [-0.2, -0.15) is 0 Å². The maximum Gasteiger partial charge on any atom is 0.255 e. The average Bonchev–Trinajstić information content (AvgIpc) is 3.10. The zero-order valence-corrected chi connectivity index (χ0v) is 15.9. The Morgan fingerprint density at radius 3 is 2.88 bits per heavy atom. The Morgan fingerprint density at radius 1 is 1.42 bits per heavy atom. The third-order valence-corrected chi connectivity index (χ3v) is 7.88. The molecule has 24 heavy (non-hydrogen) atoms. The Hall–Kier alpha value is -0.920. The van der Waals surface area contributed by atoms with Crippen molar-refractivity contribution in [3.05, 3.63) is 21.4 Å². The fraction of sp³-hybridized carbons (Fsp3) is 0.706. The summed E-state index contributed by atoms with van der Waals surface area (Å²) < 4.78 is 28.8. The predicted octanol–water partition coefficient (Wildman–Crippen LogP) is 2.15. The molecule has 7 heteroatoms. The summed E-state index contributed by atoms with van der Waals surface area (Å²) in [5.74, 6) is 0.893. The van der Waals surface area contributed by atoms with Crippen molar-refractivity contribution in [2.24, 2.45) is 5.92 Å². The molecule has 1 aromatic heterocycles. The van der Waals surface area contributed by atoms with Gasteiger partial charge >= 0.3 is 0 Å². The van der Waals surface area contributed by atoms with E-state index in [4.69, 9.17) is 4.74 Å². The van der Waals surface area contributed by atoms with Crippen molar-refractivity contribution in [2.75, 3.05) is 31.8 Å². The highest BCUT2D eigenvalue weighted by atomic mass is 32.2. The number of amides is 1. The second-order valence-corrected chi connectivity index (χ2v) is 10.1. The van der Waals surface area contributed by atoms with Crippen LogP contribution >= 0.6 is 11.3 Å². The monoisotopic (exact) mass is 371 g/mol. The van der Waals surface area contributed by atoms with Crippen LogP contribution in [0.15, 0.2) is 5.38 Å². The minimum absolute atomic E-state index is 0.0267. The van der Waals surface area contributed by atoms with Crippen LogP contribution in [0.1, 0.15) is 40.6 Å². The van der Waals surface area contributed by atoms with Crippen molar-refractivity contribution < 1.29 is 17.9 Å². The molecule has 3 rings (SSSR count). The summed E-state index contributed by atoms with van der Waals surface area (Å²) in [6.07, 6.45) is 3.63. The molecule has 0 aromatic carbocycles. The molecule has 1 fully saturated rings. The second-order valence-electron chi connectivity index (χ2n) is 6.95. The first-order valence-corrected chi connectivity index (χ1v) is 11.2. The molecule has 0 N–H and O–H groups in total. The highest BCUT2D eigenvalue weighted by molar-refractivity contribution is 7.91. The van der Waals surface area contributed by atoms with Crippen LogP contribution in [-0.4, -0.2) is 57.0 Å². The molecule has 2 heterocycles. The summed E-state index contributed by atoms with van der Waals surface area (Å²) in [7, 11) is -1.43. The van der Waals surface area contributed by atoms with Gasteiger partial charge in [-0.3, -0.25) is 4.79 Å². The Kier molecular flexibility index (Phi) is 5.32. The van der Waals surface area contributed by atoms with E-state index in [0.29, 0.717) is 25.5 Å². The predicted molar refractivity (Wildman–Crippen MR) is 95.5 cm³/mol. The molecule has 2 aliphatic rings. The van der Waals surface area contributed by atoms with E-state index in [9.17, 15) is 13.2 Å². The molecule has 5 nitrogen and oxygen atoms in total. The molecule has 1 amide bonds. The molecule has 0 radical (unpaired) electrons. The molecule has 2 unspecified atom stereocenters. The standard InChI is InChI=1S/C17H25NO4S2/c1-12-3-4-14-15(10-23-16(14)9-12)17(19)18(6-7-22-2)13-5-8-24(20,21)11-13/h10,12-13H,3-9,11H2,1-2H3. The van der Waals surface area contributed by atoms with E-state index in [1.54, 1.807) is 23.3 Å². The van der Waals surface area contributed by atoms with Crippen molar-refractivity contribution in [2.45, 2.75) is 38.6 Å². The summed E-state index contributed by atoms with van der Waals surface area (Å²) in [4.78, 5) is 16.2. The maximum atomic E-state index is 13.1. The van der Waals surface area contributed by atoms with Crippen LogP contribution in [0.2, 0.25) is 0 Å². The average molecular weight is 372 g/mol. The minimum Gasteiger partial charge on any atom is -0.383 e. The van der Waals surface area contributed by atoms with Gasteiger partial charge in [0.25, 0.3) is 5.91 Å². The van der Waals surface area contributed by atoms with E-state index in [0.717, 1.165) is 24.8 Å². The fourth-order valence-electron chi connectivity index (χ4n) is 3.67. The number of hydrogen-bond acceptors (Lipinski definition) is 5. The molecule has 2 atom stereocenters. The Labute approximate surface area is 147 Å². The van der Waals surface area contributed by atoms with Crippen molar-refractivity contribution in [1.82, 2.24) is 4.90 Å². The van der Waals surface area contributed by atoms with Gasteiger partial charge in [-0.05, 0) is 37.2 Å². The number of hydrogen-bond donors (Lipinski definition) is 0. The number of rotatable bonds is 5. The molecule has 0 bridgehead atoms. The van der Waals surface area contributed by atoms with Gasteiger partial charge in [0, 0.05) is 30.0 Å². The van der Waals surface area contributed by atoms with Crippen LogP contribution in [0.3, 0.4) is 0 Å². The van der Waals surface area contributed by atoms with Crippen LogP contribution < -0.4 is 0 Å². The maximum absolute atomic E-state index is 13.1. The van der Waals surface area contributed by atoms with E-state index < -0.39 is 9.84 Å². The number of sulfone groups is 1. The van der Waals surface area contributed by atoms with Gasteiger partial charge in [0.2, 0.25) is 0 Å². The summed E-state index contributed by atoms with van der Waals surface area (Å²) in [6.45, 7) is 3.11. The molecular formula is C17H25NO4S2. The number of methoxy groups -OCH3 is 1.